The van der Waals surface area contributed by atoms with E-state index in [-0.39, 0.29) is 34.8 Å². The van der Waals surface area contributed by atoms with Gasteiger partial charge >= 0.3 is 0 Å². The quantitative estimate of drug-likeness (QED) is 0.580. The van der Waals surface area contributed by atoms with E-state index >= 15 is 0 Å². The number of ketones is 1. The smallest absolute Gasteiger partial charge is 0.259 e. The molecular weight excluding hydrogens is 370 g/mol. The number of phenolic OH excluding ortho intramolecular Hbond substituents is 1. The highest BCUT2D eigenvalue weighted by Crippen LogP contribution is 2.35. The van der Waals surface area contributed by atoms with Crippen molar-refractivity contribution in [1.29, 1.82) is 0 Å². The zero-order chi connectivity index (χ0) is 20.0. The minimum Gasteiger partial charge on any atom is -0.503 e. The lowest BCUT2D eigenvalue weighted by molar-refractivity contribution is -0.130. The Bertz CT molecular complexity index is 859. The van der Waals surface area contributed by atoms with Crippen molar-refractivity contribution in [3.8, 4) is 17.2 Å². The van der Waals surface area contributed by atoms with E-state index in [9.17, 15) is 14.7 Å². The van der Waals surface area contributed by atoms with E-state index in [0.717, 1.165) is 0 Å². The zero-order valence-electron chi connectivity index (χ0n) is 15.2. The molecule has 0 aromatic heterocycles. The molecule has 0 unspecified atom stereocenters. The molecule has 27 heavy (non-hydrogen) atoms. The largest absolute Gasteiger partial charge is 0.503 e. The molecule has 0 saturated carbocycles. The number of carbonyl (C=O) groups excluding carboxylic acids is 2. The Kier molecular flexibility index (Phi) is 6.85. The second-order valence-electron chi connectivity index (χ2n) is 5.85. The highest BCUT2D eigenvalue weighted by molar-refractivity contribution is 6.32. The Labute approximate surface area is 162 Å². The molecule has 2 aromatic carbocycles. The molecule has 0 atom stereocenters. The summed E-state index contributed by atoms with van der Waals surface area (Å²) in [6.07, 6.45) is 2.98. The summed E-state index contributed by atoms with van der Waals surface area (Å²) in [6, 6.07) is 9.60. The van der Waals surface area contributed by atoms with Crippen molar-refractivity contribution in [1.82, 2.24) is 4.90 Å². The van der Waals surface area contributed by atoms with Gasteiger partial charge in [-0.1, -0.05) is 17.7 Å². The first-order valence-corrected chi connectivity index (χ1v) is 8.41. The molecule has 0 aliphatic heterocycles. The fourth-order valence-corrected chi connectivity index (χ4v) is 2.32. The molecule has 0 bridgehead atoms. The molecule has 2 aromatic rings. The average molecular weight is 390 g/mol. The van der Waals surface area contributed by atoms with Gasteiger partial charge in [-0.2, -0.15) is 0 Å². The number of ether oxygens (including phenoxy) is 2. The van der Waals surface area contributed by atoms with Crippen LogP contribution in [0.3, 0.4) is 0 Å². The van der Waals surface area contributed by atoms with Gasteiger partial charge in [0.25, 0.3) is 5.91 Å². The molecule has 7 heteroatoms. The second kappa shape index (κ2) is 9.09. The van der Waals surface area contributed by atoms with E-state index < -0.39 is 0 Å². The third-order valence-corrected chi connectivity index (χ3v) is 3.99. The number of hydrogen-bond acceptors (Lipinski definition) is 5. The van der Waals surface area contributed by atoms with Crippen LogP contribution in [0, 0.1) is 0 Å². The fourth-order valence-electron chi connectivity index (χ4n) is 2.10. The number of phenols is 1. The van der Waals surface area contributed by atoms with Gasteiger partial charge in [-0.3, -0.25) is 9.59 Å². The van der Waals surface area contributed by atoms with Gasteiger partial charge in [0.1, 0.15) is 5.75 Å². The van der Waals surface area contributed by atoms with E-state index in [4.69, 9.17) is 21.1 Å². The number of amides is 1. The average Bonchev–Trinajstić information content (AvgIpc) is 2.66. The van der Waals surface area contributed by atoms with Crippen LogP contribution in [0.15, 0.2) is 42.5 Å². The van der Waals surface area contributed by atoms with Crippen molar-refractivity contribution in [2.24, 2.45) is 0 Å². The number of nitrogens with zero attached hydrogens (tertiary/aromatic N) is 1. The Hall–Kier alpha value is -2.99. The van der Waals surface area contributed by atoms with Gasteiger partial charge in [-0.05, 0) is 48.0 Å². The maximum atomic E-state index is 12.3. The lowest BCUT2D eigenvalue weighted by atomic mass is 10.1. The number of hydrogen-bond donors (Lipinski definition) is 1. The van der Waals surface area contributed by atoms with Crippen LogP contribution >= 0.6 is 11.6 Å². The molecule has 0 spiro atoms. The summed E-state index contributed by atoms with van der Waals surface area (Å²) in [5.41, 5.74) is 1.08. The predicted octanol–water partition coefficient (Wildman–Crippen LogP) is 3.42. The molecule has 0 radical (unpaired) electrons. The number of allylic oxidation sites excluding steroid dienone is 1. The molecule has 0 aliphatic carbocycles. The molecule has 1 N–H and O–H groups in total. The number of rotatable bonds is 7. The Morgan fingerprint density at radius 3 is 2.44 bits per heavy atom. The molecule has 0 fully saturated rings. The van der Waals surface area contributed by atoms with E-state index in [2.05, 4.69) is 0 Å². The summed E-state index contributed by atoms with van der Waals surface area (Å²) in [7, 11) is 4.72. The Morgan fingerprint density at radius 2 is 1.85 bits per heavy atom. The topological polar surface area (TPSA) is 76.1 Å². The molecule has 142 valence electrons. The van der Waals surface area contributed by atoms with Crippen molar-refractivity contribution in [3.05, 3.63) is 58.6 Å². The lowest BCUT2D eigenvalue weighted by Gasteiger charge is -2.11. The normalized spacial score (nSPS) is 10.7. The monoisotopic (exact) mass is 389 g/mol. The molecule has 2 rings (SSSR count). The first-order chi connectivity index (χ1) is 12.8. The van der Waals surface area contributed by atoms with Crippen LogP contribution < -0.4 is 9.47 Å². The predicted molar refractivity (Wildman–Crippen MR) is 104 cm³/mol. The summed E-state index contributed by atoms with van der Waals surface area (Å²) in [4.78, 5) is 25.2. The Balaban J connectivity index is 2.05. The highest BCUT2D eigenvalue weighted by atomic mass is 35.5. The number of likely N-dealkylation sites (N-methyl/N-ethyl adjacent to an activating group) is 1. The van der Waals surface area contributed by atoms with Crippen molar-refractivity contribution >= 4 is 29.4 Å². The van der Waals surface area contributed by atoms with Gasteiger partial charge in [0, 0.05) is 19.7 Å². The van der Waals surface area contributed by atoms with Crippen LogP contribution in [0.25, 0.3) is 6.08 Å². The van der Waals surface area contributed by atoms with Crippen LogP contribution in [0.4, 0.5) is 0 Å². The maximum absolute atomic E-state index is 12.3. The van der Waals surface area contributed by atoms with Gasteiger partial charge in [-0.15, -0.1) is 0 Å². The summed E-state index contributed by atoms with van der Waals surface area (Å²) in [5, 5.41) is 9.86. The molecule has 1 amide bonds. The fraction of sp³-hybridized carbons (Fsp3) is 0.200. The highest BCUT2D eigenvalue weighted by Gasteiger charge is 2.09. The minimum absolute atomic E-state index is 0.0658. The minimum atomic E-state index is -0.214. The van der Waals surface area contributed by atoms with E-state index in [0.29, 0.717) is 16.9 Å². The molecule has 0 aliphatic rings. The first kappa shape index (κ1) is 20.3. The van der Waals surface area contributed by atoms with Crippen LogP contribution in [0.5, 0.6) is 17.2 Å². The van der Waals surface area contributed by atoms with Crippen molar-refractivity contribution in [2.45, 2.75) is 0 Å². The zero-order valence-corrected chi connectivity index (χ0v) is 16.0. The van der Waals surface area contributed by atoms with Crippen LogP contribution in [-0.2, 0) is 4.79 Å². The summed E-state index contributed by atoms with van der Waals surface area (Å²) >= 11 is 5.93. The summed E-state index contributed by atoms with van der Waals surface area (Å²) in [5.74, 6) is 0.213. The van der Waals surface area contributed by atoms with Gasteiger partial charge in [0.2, 0.25) is 0 Å². The molecular formula is C20H20ClNO5. The Morgan fingerprint density at radius 1 is 1.19 bits per heavy atom. The van der Waals surface area contributed by atoms with E-state index in [1.54, 1.807) is 50.5 Å². The van der Waals surface area contributed by atoms with Crippen molar-refractivity contribution < 1.29 is 24.2 Å². The summed E-state index contributed by atoms with van der Waals surface area (Å²) in [6.45, 7) is -0.0658. The third kappa shape index (κ3) is 5.49. The molecule has 0 heterocycles. The SMILES string of the molecule is COc1cc(/C=C/C(=O)c2ccc(OCC(=O)N(C)C)cc2)cc(Cl)c1O. The van der Waals surface area contributed by atoms with E-state index in [1.165, 1.54) is 24.2 Å². The van der Waals surface area contributed by atoms with Crippen molar-refractivity contribution in [3.63, 3.8) is 0 Å². The van der Waals surface area contributed by atoms with Crippen molar-refractivity contribution in [2.75, 3.05) is 27.8 Å². The number of aromatic hydroxyl groups is 1. The van der Waals surface area contributed by atoms with Crippen LogP contribution in [-0.4, -0.2) is 49.5 Å². The van der Waals surface area contributed by atoms with Gasteiger partial charge in [0.05, 0.1) is 12.1 Å². The third-order valence-electron chi connectivity index (χ3n) is 3.70. The number of methoxy groups -OCH3 is 1. The van der Waals surface area contributed by atoms with Crippen LogP contribution in [0.2, 0.25) is 5.02 Å². The number of benzene rings is 2. The first-order valence-electron chi connectivity index (χ1n) is 8.03. The van der Waals surface area contributed by atoms with Gasteiger partial charge in [-0.25, -0.2) is 0 Å². The molecule has 0 saturated heterocycles. The number of halogens is 1. The second-order valence-corrected chi connectivity index (χ2v) is 6.26. The molecule has 6 nitrogen and oxygen atoms in total. The standard InChI is InChI=1S/C20H20ClNO5/c1-22(2)19(24)12-27-15-7-5-14(6-8-15)17(23)9-4-13-10-16(21)20(25)18(11-13)26-3/h4-11,25H,12H2,1-3H3/b9-4+. The lowest BCUT2D eigenvalue weighted by Crippen LogP contribution is -2.27. The van der Waals surface area contributed by atoms with Gasteiger partial charge in [0.15, 0.2) is 23.9 Å². The van der Waals surface area contributed by atoms with Gasteiger partial charge < -0.3 is 19.5 Å². The van der Waals surface area contributed by atoms with Crippen LogP contribution in [0.1, 0.15) is 15.9 Å². The van der Waals surface area contributed by atoms with E-state index in [1.807, 2.05) is 0 Å². The summed E-state index contributed by atoms with van der Waals surface area (Å²) < 4.78 is 10.4. The number of carbonyl (C=O) groups is 2. The maximum Gasteiger partial charge on any atom is 0.259 e.